The quantitative estimate of drug-likeness (QED) is 0.691. The highest BCUT2D eigenvalue weighted by atomic mass is 14.5. The molecule has 0 radical (unpaired) electrons. The second-order valence-electron chi connectivity index (χ2n) is 4.56. The summed E-state index contributed by atoms with van der Waals surface area (Å²) < 4.78 is 0. The molecule has 3 rings (SSSR count). The minimum absolute atomic E-state index is 0.0980. The van der Waals surface area contributed by atoms with Gasteiger partial charge in [-0.25, -0.2) is 0 Å². The van der Waals surface area contributed by atoms with Crippen molar-refractivity contribution in [1.29, 1.82) is 5.26 Å². The Labute approximate surface area is 84.4 Å². The van der Waals surface area contributed by atoms with E-state index in [-0.39, 0.29) is 5.41 Å². The van der Waals surface area contributed by atoms with E-state index in [1.807, 2.05) is 0 Å². The fourth-order valence-corrected chi connectivity index (χ4v) is 2.25. The average Bonchev–Trinajstić information content (AvgIpc) is 3.12. The summed E-state index contributed by atoms with van der Waals surface area (Å²) >= 11 is 0. The Morgan fingerprint density at radius 1 is 1.21 bits per heavy atom. The van der Waals surface area contributed by atoms with Crippen LogP contribution in [0.1, 0.15) is 42.7 Å². The molecule has 0 unspecified atom stereocenters. The van der Waals surface area contributed by atoms with E-state index in [4.69, 9.17) is 0 Å². The Kier molecular flexibility index (Phi) is 1.50. The lowest BCUT2D eigenvalue weighted by atomic mass is 9.90. The topological polar surface area (TPSA) is 23.8 Å². The SMILES string of the molecule is N#CC1(c2ccccc2C2CC2)CC1. The third kappa shape index (κ3) is 1.07. The van der Waals surface area contributed by atoms with Crippen molar-refractivity contribution in [3.8, 4) is 6.07 Å². The number of hydrogen-bond acceptors (Lipinski definition) is 1. The third-order valence-corrected chi connectivity index (χ3v) is 3.46. The molecule has 2 fully saturated rings. The monoisotopic (exact) mass is 183 g/mol. The molecular weight excluding hydrogens is 170 g/mol. The maximum atomic E-state index is 9.19. The van der Waals surface area contributed by atoms with Crippen LogP contribution in [0.4, 0.5) is 0 Å². The summed E-state index contributed by atoms with van der Waals surface area (Å²) in [6, 6.07) is 11.0. The Morgan fingerprint density at radius 3 is 2.50 bits per heavy atom. The summed E-state index contributed by atoms with van der Waals surface area (Å²) in [7, 11) is 0. The van der Waals surface area contributed by atoms with Gasteiger partial charge in [-0.2, -0.15) is 5.26 Å². The van der Waals surface area contributed by atoms with Gasteiger partial charge in [0.15, 0.2) is 0 Å². The van der Waals surface area contributed by atoms with Gasteiger partial charge in [-0.1, -0.05) is 24.3 Å². The van der Waals surface area contributed by atoms with Crippen LogP contribution in [-0.2, 0) is 5.41 Å². The lowest BCUT2D eigenvalue weighted by Gasteiger charge is -2.11. The van der Waals surface area contributed by atoms with E-state index in [0.29, 0.717) is 0 Å². The van der Waals surface area contributed by atoms with Gasteiger partial charge in [-0.3, -0.25) is 0 Å². The second-order valence-corrected chi connectivity index (χ2v) is 4.56. The zero-order valence-electron chi connectivity index (χ0n) is 8.16. The Hall–Kier alpha value is -1.29. The first-order chi connectivity index (χ1) is 6.86. The predicted molar refractivity (Wildman–Crippen MR) is 54.9 cm³/mol. The van der Waals surface area contributed by atoms with Crippen molar-refractivity contribution in [2.75, 3.05) is 0 Å². The zero-order chi connectivity index (χ0) is 9.60. The van der Waals surface area contributed by atoms with Crippen molar-refractivity contribution in [2.24, 2.45) is 0 Å². The van der Waals surface area contributed by atoms with Crippen molar-refractivity contribution in [3.63, 3.8) is 0 Å². The van der Waals surface area contributed by atoms with Crippen molar-refractivity contribution in [2.45, 2.75) is 37.0 Å². The Morgan fingerprint density at radius 2 is 1.93 bits per heavy atom. The molecule has 0 aromatic heterocycles. The van der Waals surface area contributed by atoms with Gasteiger partial charge in [0, 0.05) is 0 Å². The van der Waals surface area contributed by atoms with Crippen LogP contribution in [-0.4, -0.2) is 0 Å². The summed E-state index contributed by atoms with van der Waals surface area (Å²) in [6.45, 7) is 0. The van der Waals surface area contributed by atoms with Crippen LogP contribution in [0.2, 0.25) is 0 Å². The second kappa shape index (κ2) is 2.60. The van der Waals surface area contributed by atoms with E-state index < -0.39 is 0 Å². The van der Waals surface area contributed by atoms with Crippen molar-refractivity contribution in [3.05, 3.63) is 35.4 Å². The zero-order valence-corrected chi connectivity index (χ0v) is 8.16. The fourth-order valence-electron chi connectivity index (χ4n) is 2.25. The number of hydrogen-bond donors (Lipinski definition) is 0. The standard InChI is InChI=1S/C13H13N/c14-9-13(7-8-13)12-4-2-1-3-11(12)10-5-6-10/h1-4,10H,5-8H2. The molecule has 14 heavy (non-hydrogen) atoms. The molecule has 2 saturated carbocycles. The first-order valence-electron chi connectivity index (χ1n) is 5.36. The molecular formula is C13H13N. The minimum atomic E-state index is -0.0980. The normalized spacial score (nSPS) is 22.8. The van der Waals surface area contributed by atoms with Gasteiger partial charge in [0.25, 0.3) is 0 Å². The number of rotatable bonds is 2. The van der Waals surface area contributed by atoms with Gasteiger partial charge in [0.2, 0.25) is 0 Å². The molecule has 0 saturated heterocycles. The van der Waals surface area contributed by atoms with Crippen LogP contribution in [0.3, 0.4) is 0 Å². The first-order valence-corrected chi connectivity index (χ1v) is 5.36. The van der Waals surface area contributed by atoms with E-state index >= 15 is 0 Å². The maximum absolute atomic E-state index is 9.19. The van der Waals surface area contributed by atoms with Gasteiger partial charge in [0.05, 0.1) is 11.5 Å². The predicted octanol–water partition coefficient (Wildman–Crippen LogP) is 3.12. The molecule has 0 aliphatic heterocycles. The van der Waals surface area contributed by atoms with Crippen molar-refractivity contribution < 1.29 is 0 Å². The first kappa shape index (κ1) is 8.05. The third-order valence-electron chi connectivity index (χ3n) is 3.46. The van der Waals surface area contributed by atoms with Crippen LogP contribution < -0.4 is 0 Å². The number of benzene rings is 1. The summed E-state index contributed by atoms with van der Waals surface area (Å²) in [5, 5.41) is 9.19. The number of nitrogens with zero attached hydrogens (tertiary/aromatic N) is 1. The van der Waals surface area contributed by atoms with Crippen molar-refractivity contribution in [1.82, 2.24) is 0 Å². The van der Waals surface area contributed by atoms with E-state index in [9.17, 15) is 5.26 Å². The molecule has 0 amide bonds. The van der Waals surface area contributed by atoms with Gasteiger partial charge >= 0.3 is 0 Å². The summed E-state index contributed by atoms with van der Waals surface area (Å²) in [4.78, 5) is 0. The van der Waals surface area contributed by atoms with Gasteiger partial charge in [-0.05, 0) is 42.7 Å². The summed E-state index contributed by atoms with van der Waals surface area (Å²) in [5.74, 6) is 0.761. The fraction of sp³-hybridized carbons (Fsp3) is 0.462. The molecule has 1 heteroatoms. The Bertz CT molecular complexity index is 405. The minimum Gasteiger partial charge on any atom is -0.197 e. The molecule has 0 spiro atoms. The lowest BCUT2D eigenvalue weighted by molar-refractivity contribution is 0.875. The molecule has 1 nitrogen and oxygen atoms in total. The average molecular weight is 183 g/mol. The van der Waals surface area contributed by atoms with Crippen LogP contribution in [0, 0.1) is 11.3 Å². The lowest BCUT2D eigenvalue weighted by Crippen LogP contribution is -2.06. The van der Waals surface area contributed by atoms with E-state index in [1.54, 1.807) is 0 Å². The summed E-state index contributed by atoms with van der Waals surface area (Å²) in [5.41, 5.74) is 2.68. The smallest absolute Gasteiger partial charge is 0.0826 e. The summed E-state index contributed by atoms with van der Waals surface area (Å²) in [6.07, 6.45) is 4.76. The molecule has 1 aromatic rings. The van der Waals surface area contributed by atoms with Crippen molar-refractivity contribution >= 4 is 0 Å². The highest BCUT2D eigenvalue weighted by Crippen LogP contribution is 2.53. The molecule has 2 aliphatic carbocycles. The molecule has 2 aliphatic rings. The van der Waals surface area contributed by atoms with E-state index in [1.165, 1.54) is 24.0 Å². The van der Waals surface area contributed by atoms with Gasteiger partial charge in [0.1, 0.15) is 0 Å². The number of nitriles is 1. The largest absolute Gasteiger partial charge is 0.197 e. The van der Waals surface area contributed by atoms with Crippen LogP contribution in [0.15, 0.2) is 24.3 Å². The molecule has 0 atom stereocenters. The molecule has 1 aromatic carbocycles. The molecule has 0 heterocycles. The van der Waals surface area contributed by atoms with E-state index in [2.05, 4.69) is 30.3 Å². The molecule has 0 N–H and O–H groups in total. The molecule has 0 bridgehead atoms. The highest BCUT2D eigenvalue weighted by Gasteiger charge is 2.47. The van der Waals surface area contributed by atoms with Crippen LogP contribution in [0.5, 0.6) is 0 Å². The van der Waals surface area contributed by atoms with Crippen LogP contribution >= 0.6 is 0 Å². The van der Waals surface area contributed by atoms with Gasteiger partial charge < -0.3 is 0 Å². The van der Waals surface area contributed by atoms with E-state index in [0.717, 1.165) is 18.8 Å². The highest BCUT2D eigenvalue weighted by molar-refractivity contribution is 5.46. The maximum Gasteiger partial charge on any atom is 0.0826 e. The van der Waals surface area contributed by atoms with Gasteiger partial charge in [-0.15, -0.1) is 0 Å². The molecule has 70 valence electrons. The Balaban J connectivity index is 2.08. The van der Waals surface area contributed by atoms with Crippen LogP contribution in [0.25, 0.3) is 0 Å².